The molecule has 23 heavy (non-hydrogen) atoms. The minimum absolute atomic E-state index is 0.490. The number of benzene rings is 2. The summed E-state index contributed by atoms with van der Waals surface area (Å²) < 4.78 is 0. The van der Waals surface area contributed by atoms with E-state index in [4.69, 9.17) is 0 Å². The van der Waals surface area contributed by atoms with Gasteiger partial charge < -0.3 is 14.9 Å². The van der Waals surface area contributed by atoms with Crippen molar-refractivity contribution in [3.63, 3.8) is 0 Å². The van der Waals surface area contributed by atoms with E-state index in [2.05, 4.69) is 4.98 Å². The highest BCUT2D eigenvalue weighted by molar-refractivity contribution is 6.07. The van der Waals surface area contributed by atoms with Crippen LogP contribution in [0.5, 0.6) is 0 Å². The fourth-order valence-corrected chi connectivity index (χ4v) is 3.25. The molecule has 0 bridgehead atoms. The Balaban J connectivity index is 2.08. The minimum atomic E-state index is -0.916. The highest BCUT2D eigenvalue weighted by Gasteiger charge is 2.28. The van der Waals surface area contributed by atoms with Crippen molar-refractivity contribution in [3.8, 4) is 0 Å². The number of carbonyl (C=O) groups is 2. The second kappa shape index (κ2) is 6.24. The van der Waals surface area contributed by atoms with E-state index in [1.54, 1.807) is 0 Å². The van der Waals surface area contributed by atoms with Gasteiger partial charge in [-0.1, -0.05) is 43.7 Å². The van der Waals surface area contributed by atoms with Crippen LogP contribution in [0.2, 0.25) is 0 Å². The zero-order chi connectivity index (χ0) is 16.4. The number of fused-ring (bicyclic) bond motifs is 3. The lowest BCUT2D eigenvalue weighted by atomic mass is 9.84. The molecule has 3 aromatic rings. The average molecular weight is 309 g/mol. The average Bonchev–Trinajstić information content (AvgIpc) is 2.92. The molecule has 0 saturated heterocycles. The molecule has 2 aromatic carbocycles. The number of nitrogens with one attached hydrogen (secondary N) is 1. The number of carbonyl (C=O) groups excluding carboxylic acids is 1. The number of para-hydroxylation sites is 1. The second-order valence-electron chi connectivity index (χ2n) is 5.87. The minimum Gasteiger partial charge on any atom is -0.481 e. The summed E-state index contributed by atoms with van der Waals surface area (Å²) in [6, 6.07) is 13.7. The molecule has 4 heteroatoms. The van der Waals surface area contributed by atoms with E-state index in [1.807, 2.05) is 49.4 Å². The van der Waals surface area contributed by atoms with Crippen LogP contribution in [0.25, 0.3) is 21.8 Å². The predicted molar refractivity (Wildman–Crippen MR) is 90.6 cm³/mol. The molecule has 1 aromatic heterocycles. The van der Waals surface area contributed by atoms with Gasteiger partial charge in [0.25, 0.3) is 0 Å². The Bertz CT molecular complexity index is 865. The van der Waals surface area contributed by atoms with Crippen molar-refractivity contribution in [2.75, 3.05) is 0 Å². The van der Waals surface area contributed by atoms with Crippen molar-refractivity contribution < 1.29 is 14.7 Å². The Hall–Kier alpha value is -2.62. The van der Waals surface area contributed by atoms with Gasteiger partial charge >= 0.3 is 5.97 Å². The van der Waals surface area contributed by atoms with Crippen LogP contribution in [0, 0.1) is 5.92 Å². The lowest BCUT2D eigenvalue weighted by Crippen LogP contribution is -2.23. The van der Waals surface area contributed by atoms with Crippen molar-refractivity contribution in [1.82, 2.24) is 4.98 Å². The summed E-state index contributed by atoms with van der Waals surface area (Å²) in [6.45, 7) is 1.93. The van der Waals surface area contributed by atoms with Gasteiger partial charge in [0.1, 0.15) is 6.29 Å². The molecule has 0 radical (unpaired) electrons. The van der Waals surface area contributed by atoms with E-state index < -0.39 is 17.8 Å². The third-order valence-corrected chi connectivity index (χ3v) is 4.41. The first-order valence-corrected chi connectivity index (χ1v) is 7.84. The van der Waals surface area contributed by atoms with Gasteiger partial charge in [0.2, 0.25) is 0 Å². The summed E-state index contributed by atoms with van der Waals surface area (Å²) in [5.74, 6) is -2.22. The number of aliphatic carboxylic acids is 1. The number of carboxylic acid groups (broad SMARTS) is 1. The molecular formula is C19H19NO3. The Morgan fingerprint density at radius 3 is 2.61 bits per heavy atom. The summed E-state index contributed by atoms with van der Waals surface area (Å²) in [4.78, 5) is 26.4. The summed E-state index contributed by atoms with van der Waals surface area (Å²) in [6.07, 6.45) is 1.98. The van der Waals surface area contributed by atoms with Crippen LogP contribution >= 0.6 is 0 Å². The van der Waals surface area contributed by atoms with Crippen molar-refractivity contribution in [2.24, 2.45) is 5.92 Å². The first-order chi connectivity index (χ1) is 11.2. The number of aromatic amines is 1. The molecule has 0 amide bonds. The number of hydrogen-bond acceptors (Lipinski definition) is 2. The molecule has 0 aliphatic carbocycles. The SMILES string of the molecule is CCC[C@@H](C(=O)O)C(C=O)c1ccc2c(c1)[nH]c1ccccc12. The largest absolute Gasteiger partial charge is 0.481 e. The number of hydrogen-bond donors (Lipinski definition) is 2. The zero-order valence-electron chi connectivity index (χ0n) is 13.0. The molecule has 2 atom stereocenters. The maximum Gasteiger partial charge on any atom is 0.307 e. The van der Waals surface area contributed by atoms with Gasteiger partial charge in [0.15, 0.2) is 0 Å². The number of rotatable bonds is 6. The number of H-pyrrole nitrogens is 1. The fourth-order valence-electron chi connectivity index (χ4n) is 3.25. The molecule has 0 spiro atoms. The lowest BCUT2D eigenvalue weighted by molar-refractivity contribution is -0.143. The smallest absolute Gasteiger partial charge is 0.307 e. The Labute approximate surface area is 134 Å². The summed E-state index contributed by atoms with van der Waals surface area (Å²) in [5.41, 5.74) is 2.71. The van der Waals surface area contributed by atoms with E-state index in [1.165, 1.54) is 0 Å². The molecule has 118 valence electrons. The van der Waals surface area contributed by atoms with E-state index in [-0.39, 0.29) is 0 Å². The van der Waals surface area contributed by atoms with Crippen molar-refractivity contribution in [2.45, 2.75) is 25.7 Å². The van der Waals surface area contributed by atoms with Crippen molar-refractivity contribution in [3.05, 3.63) is 48.0 Å². The van der Waals surface area contributed by atoms with Crippen LogP contribution in [-0.2, 0) is 9.59 Å². The maximum atomic E-state index is 11.6. The van der Waals surface area contributed by atoms with Crippen LogP contribution < -0.4 is 0 Å². The van der Waals surface area contributed by atoms with E-state index in [0.717, 1.165) is 40.1 Å². The molecule has 0 aliphatic rings. The highest BCUT2D eigenvalue weighted by atomic mass is 16.4. The molecule has 0 saturated carbocycles. The van der Waals surface area contributed by atoms with Gasteiger partial charge in [-0.25, -0.2) is 0 Å². The monoisotopic (exact) mass is 309 g/mol. The van der Waals surface area contributed by atoms with E-state index in [0.29, 0.717) is 6.42 Å². The molecule has 0 aliphatic heterocycles. The summed E-state index contributed by atoms with van der Waals surface area (Å²) >= 11 is 0. The van der Waals surface area contributed by atoms with Gasteiger partial charge in [0.05, 0.1) is 11.8 Å². The third-order valence-electron chi connectivity index (χ3n) is 4.41. The quantitative estimate of drug-likeness (QED) is 0.673. The number of carboxylic acids is 1. The molecule has 1 unspecified atom stereocenters. The van der Waals surface area contributed by atoms with E-state index >= 15 is 0 Å². The van der Waals surface area contributed by atoms with Gasteiger partial charge in [-0.05, 0) is 24.1 Å². The Morgan fingerprint density at radius 1 is 1.17 bits per heavy atom. The van der Waals surface area contributed by atoms with Crippen molar-refractivity contribution >= 4 is 34.1 Å². The van der Waals surface area contributed by atoms with Crippen LogP contribution in [0.15, 0.2) is 42.5 Å². The first-order valence-electron chi connectivity index (χ1n) is 7.84. The fraction of sp³-hybridized carbons (Fsp3) is 0.263. The normalized spacial score (nSPS) is 14.0. The van der Waals surface area contributed by atoms with Gasteiger partial charge in [-0.2, -0.15) is 0 Å². The summed E-state index contributed by atoms with van der Waals surface area (Å²) in [7, 11) is 0. The van der Waals surface area contributed by atoms with Crippen LogP contribution in [-0.4, -0.2) is 22.3 Å². The molecule has 0 fully saturated rings. The van der Waals surface area contributed by atoms with Gasteiger partial charge in [-0.3, -0.25) is 4.79 Å². The highest BCUT2D eigenvalue weighted by Crippen LogP contribution is 2.31. The predicted octanol–water partition coefficient (Wildman–Crippen LogP) is 4.10. The number of aromatic nitrogens is 1. The second-order valence-corrected chi connectivity index (χ2v) is 5.87. The third kappa shape index (κ3) is 2.72. The molecule has 1 heterocycles. The molecule has 3 rings (SSSR count). The Kier molecular flexibility index (Phi) is 4.15. The molecule has 4 nitrogen and oxygen atoms in total. The maximum absolute atomic E-state index is 11.6. The Morgan fingerprint density at radius 2 is 1.91 bits per heavy atom. The van der Waals surface area contributed by atoms with E-state index in [9.17, 15) is 14.7 Å². The van der Waals surface area contributed by atoms with Crippen molar-refractivity contribution in [1.29, 1.82) is 0 Å². The molecular weight excluding hydrogens is 290 g/mol. The zero-order valence-corrected chi connectivity index (χ0v) is 13.0. The van der Waals surface area contributed by atoms with Crippen LogP contribution in [0.1, 0.15) is 31.2 Å². The van der Waals surface area contributed by atoms with Gasteiger partial charge in [-0.15, -0.1) is 0 Å². The summed E-state index contributed by atoms with van der Waals surface area (Å²) in [5, 5.41) is 11.6. The lowest BCUT2D eigenvalue weighted by Gasteiger charge is -2.19. The van der Waals surface area contributed by atoms with Crippen LogP contribution in [0.4, 0.5) is 0 Å². The van der Waals surface area contributed by atoms with Crippen LogP contribution in [0.3, 0.4) is 0 Å². The first kappa shape index (κ1) is 15.3. The topological polar surface area (TPSA) is 70.2 Å². The van der Waals surface area contributed by atoms with Gasteiger partial charge in [0, 0.05) is 21.8 Å². The number of aldehydes is 1. The molecule has 2 N–H and O–H groups in total. The standard InChI is InChI=1S/C19H19NO3/c1-2-5-15(19(22)23)16(11-21)12-8-9-14-13-6-3-4-7-17(13)20-18(14)10-12/h3-4,6-11,15-16,20H,2,5H2,1H3,(H,22,23)/t15-,16?/m1/s1.